The summed E-state index contributed by atoms with van der Waals surface area (Å²) in [5, 5.41) is 7.44. The predicted octanol–water partition coefficient (Wildman–Crippen LogP) is 0.941. The van der Waals surface area contributed by atoms with Gasteiger partial charge in [-0.25, -0.2) is 4.68 Å². The monoisotopic (exact) mass is 209 g/mol. The van der Waals surface area contributed by atoms with Gasteiger partial charge in [0.05, 0.1) is 12.2 Å². The van der Waals surface area contributed by atoms with Crippen LogP contribution in [0.5, 0.6) is 0 Å². The third-order valence-corrected chi connectivity index (χ3v) is 2.21. The molecule has 0 bridgehead atoms. The summed E-state index contributed by atoms with van der Waals surface area (Å²) < 4.78 is 1.51. The summed E-state index contributed by atoms with van der Waals surface area (Å²) in [5.74, 6) is 0. The van der Waals surface area contributed by atoms with E-state index in [9.17, 15) is 4.79 Å². The van der Waals surface area contributed by atoms with Crippen LogP contribution in [0.3, 0.4) is 0 Å². The van der Waals surface area contributed by atoms with E-state index >= 15 is 0 Å². The van der Waals surface area contributed by atoms with E-state index in [0.29, 0.717) is 6.54 Å². The summed E-state index contributed by atoms with van der Waals surface area (Å²) in [4.78, 5) is 11.4. The molecule has 0 aliphatic heterocycles. The lowest BCUT2D eigenvalue weighted by Gasteiger charge is -2.06. The van der Waals surface area contributed by atoms with Crippen LogP contribution in [-0.4, -0.2) is 22.9 Å². The summed E-state index contributed by atoms with van der Waals surface area (Å²) in [5.41, 5.74) is 0.848. The Hall–Kier alpha value is -1.16. The third kappa shape index (κ3) is 4.25. The van der Waals surface area contributed by atoms with Crippen molar-refractivity contribution in [2.24, 2.45) is 0 Å². The van der Waals surface area contributed by atoms with Crippen LogP contribution in [0.15, 0.2) is 16.9 Å². The molecule has 0 aliphatic carbocycles. The van der Waals surface area contributed by atoms with Gasteiger partial charge in [-0.3, -0.25) is 4.79 Å². The number of unbranched alkanes of at least 4 members (excludes halogenated alkanes) is 1. The SMILES string of the molecule is CCCCNCCn1nc(C)ccc1=O. The van der Waals surface area contributed by atoms with Crippen LogP contribution >= 0.6 is 0 Å². The summed E-state index contributed by atoms with van der Waals surface area (Å²) >= 11 is 0. The predicted molar refractivity (Wildman–Crippen MR) is 61.0 cm³/mol. The summed E-state index contributed by atoms with van der Waals surface area (Å²) in [6.45, 7) is 6.51. The normalized spacial score (nSPS) is 10.5. The first-order valence-corrected chi connectivity index (χ1v) is 5.49. The lowest BCUT2D eigenvalue weighted by Crippen LogP contribution is -2.29. The Morgan fingerprint density at radius 2 is 2.20 bits per heavy atom. The maximum Gasteiger partial charge on any atom is 0.266 e. The fraction of sp³-hybridized carbons (Fsp3) is 0.636. The first-order chi connectivity index (χ1) is 7.24. The Bertz CT molecular complexity index is 346. The fourth-order valence-electron chi connectivity index (χ4n) is 1.32. The molecule has 4 heteroatoms. The molecule has 0 atom stereocenters. The molecule has 0 radical (unpaired) electrons. The molecule has 0 saturated heterocycles. The molecular formula is C11H19N3O. The molecule has 0 saturated carbocycles. The average molecular weight is 209 g/mol. The van der Waals surface area contributed by atoms with Crippen molar-refractivity contribution in [3.63, 3.8) is 0 Å². The van der Waals surface area contributed by atoms with Gasteiger partial charge in [0.2, 0.25) is 0 Å². The van der Waals surface area contributed by atoms with E-state index in [1.165, 1.54) is 17.5 Å². The second kappa shape index (κ2) is 6.35. The zero-order valence-electron chi connectivity index (χ0n) is 9.49. The third-order valence-electron chi connectivity index (χ3n) is 2.21. The van der Waals surface area contributed by atoms with Gasteiger partial charge in [-0.05, 0) is 26.0 Å². The van der Waals surface area contributed by atoms with Gasteiger partial charge in [0, 0.05) is 12.6 Å². The minimum absolute atomic E-state index is 0.0297. The van der Waals surface area contributed by atoms with Gasteiger partial charge in [-0.1, -0.05) is 13.3 Å². The maximum absolute atomic E-state index is 11.4. The molecule has 0 fully saturated rings. The summed E-state index contributed by atoms with van der Waals surface area (Å²) in [7, 11) is 0. The van der Waals surface area contributed by atoms with E-state index in [1.807, 2.05) is 6.92 Å². The first-order valence-electron chi connectivity index (χ1n) is 5.49. The van der Waals surface area contributed by atoms with Crippen LogP contribution < -0.4 is 10.9 Å². The van der Waals surface area contributed by atoms with Crippen LogP contribution in [0.4, 0.5) is 0 Å². The summed E-state index contributed by atoms with van der Waals surface area (Å²) in [6.07, 6.45) is 2.37. The van der Waals surface area contributed by atoms with E-state index in [0.717, 1.165) is 18.8 Å². The van der Waals surface area contributed by atoms with Gasteiger partial charge in [-0.15, -0.1) is 0 Å². The van der Waals surface area contributed by atoms with Crippen LogP contribution in [-0.2, 0) is 6.54 Å². The molecule has 0 aromatic carbocycles. The molecule has 1 heterocycles. The highest BCUT2D eigenvalue weighted by Crippen LogP contribution is 1.86. The highest BCUT2D eigenvalue weighted by Gasteiger charge is 1.96. The highest BCUT2D eigenvalue weighted by atomic mass is 16.1. The Morgan fingerprint density at radius 3 is 2.93 bits per heavy atom. The topological polar surface area (TPSA) is 46.9 Å². The van der Waals surface area contributed by atoms with Crippen molar-refractivity contribution >= 4 is 0 Å². The quantitative estimate of drug-likeness (QED) is 0.709. The molecule has 1 aromatic heterocycles. The number of hydrogen-bond donors (Lipinski definition) is 1. The zero-order valence-corrected chi connectivity index (χ0v) is 9.49. The van der Waals surface area contributed by atoms with Gasteiger partial charge in [-0.2, -0.15) is 5.10 Å². The number of nitrogens with one attached hydrogen (secondary N) is 1. The molecule has 0 spiro atoms. The van der Waals surface area contributed by atoms with Gasteiger partial charge < -0.3 is 5.32 Å². The van der Waals surface area contributed by atoms with Crippen molar-refractivity contribution in [1.29, 1.82) is 0 Å². The van der Waals surface area contributed by atoms with Crippen LogP contribution in [0.1, 0.15) is 25.5 Å². The number of aryl methyl sites for hydroxylation is 1. The Balaban J connectivity index is 2.37. The van der Waals surface area contributed by atoms with E-state index < -0.39 is 0 Å². The van der Waals surface area contributed by atoms with Crippen LogP contribution in [0, 0.1) is 6.92 Å². The molecule has 0 unspecified atom stereocenters. The van der Waals surface area contributed by atoms with Crippen molar-refractivity contribution in [2.75, 3.05) is 13.1 Å². The molecule has 0 aliphatic rings. The molecule has 0 amide bonds. The highest BCUT2D eigenvalue weighted by molar-refractivity contribution is 4.96. The van der Waals surface area contributed by atoms with Crippen molar-refractivity contribution in [1.82, 2.24) is 15.1 Å². The molecule has 84 valence electrons. The largest absolute Gasteiger partial charge is 0.315 e. The Morgan fingerprint density at radius 1 is 1.40 bits per heavy atom. The number of nitrogens with zero attached hydrogens (tertiary/aromatic N) is 2. The van der Waals surface area contributed by atoms with Crippen LogP contribution in [0.2, 0.25) is 0 Å². The number of hydrogen-bond acceptors (Lipinski definition) is 3. The molecule has 4 nitrogen and oxygen atoms in total. The average Bonchev–Trinajstić information content (AvgIpc) is 2.23. The van der Waals surface area contributed by atoms with E-state index in [2.05, 4.69) is 17.3 Å². The Labute approximate surface area is 90.3 Å². The summed E-state index contributed by atoms with van der Waals surface area (Å²) in [6, 6.07) is 3.30. The second-order valence-electron chi connectivity index (χ2n) is 3.64. The molecule has 1 rings (SSSR count). The van der Waals surface area contributed by atoms with Gasteiger partial charge in [0.1, 0.15) is 0 Å². The maximum atomic E-state index is 11.4. The molecular weight excluding hydrogens is 190 g/mol. The van der Waals surface area contributed by atoms with E-state index in [4.69, 9.17) is 0 Å². The Kier molecular flexibility index (Phi) is 5.04. The fourth-order valence-corrected chi connectivity index (χ4v) is 1.32. The van der Waals surface area contributed by atoms with E-state index in [-0.39, 0.29) is 5.56 Å². The first kappa shape index (κ1) is 11.9. The van der Waals surface area contributed by atoms with Crippen molar-refractivity contribution in [3.05, 3.63) is 28.2 Å². The van der Waals surface area contributed by atoms with E-state index in [1.54, 1.807) is 12.1 Å². The zero-order chi connectivity index (χ0) is 11.1. The minimum atomic E-state index is -0.0297. The number of aromatic nitrogens is 2. The van der Waals surface area contributed by atoms with Gasteiger partial charge >= 0.3 is 0 Å². The standard InChI is InChI=1S/C11H19N3O/c1-3-4-7-12-8-9-14-11(15)6-5-10(2)13-14/h5-6,12H,3-4,7-9H2,1-2H3. The molecule has 1 aromatic rings. The van der Waals surface area contributed by atoms with Crippen molar-refractivity contribution in [3.8, 4) is 0 Å². The second-order valence-corrected chi connectivity index (χ2v) is 3.64. The molecule has 15 heavy (non-hydrogen) atoms. The lowest BCUT2D eigenvalue weighted by molar-refractivity contribution is 0.521. The van der Waals surface area contributed by atoms with Gasteiger partial charge in [0.15, 0.2) is 0 Å². The molecule has 1 N–H and O–H groups in total. The van der Waals surface area contributed by atoms with Gasteiger partial charge in [0.25, 0.3) is 5.56 Å². The number of rotatable bonds is 6. The lowest BCUT2D eigenvalue weighted by atomic mass is 10.3. The van der Waals surface area contributed by atoms with Crippen LogP contribution in [0.25, 0.3) is 0 Å². The van der Waals surface area contributed by atoms with Crippen molar-refractivity contribution < 1.29 is 0 Å². The smallest absolute Gasteiger partial charge is 0.266 e. The van der Waals surface area contributed by atoms with Crippen molar-refractivity contribution in [2.45, 2.75) is 33.2 Å². The minimum Gasteiger partial charge on any atom is -0.315 e.